The van der Waals surface area contributed by atoms with Crippen LogP contribution in [0, 0.1) is 10.1 Å². The second-order valence-electron chi connectivity index (χ2n) is 2.28. The molecule has 1 rings (SSSR count). The number of benzene rings is 1. The van der Waals surface area contributed by atoms with Crippen LogP contribution in [0.5, 0.6) is 0 Å². The number of non-ortho nitro benzene ring substituents is 1. The fourth-order valence-electron chi connectivity index (χ4n) is 0.818. The summed E-state index contributed by atoms with van der Waals surface area (Å²) in [7, 11) is 0. The normalized spacial score (nSPS) is 11.4. The molecule has 0 unspecified atom stereocenters. The van der Waals surface area contributed by atoms with Crippen LogP contribution in [0.25, 0.3) is 6.08 Å². The van der Waals surface area contributed by atoms with Gasteiger partial charge in [0.1, 0.15) is 0 Å². The third-order valence-corrected chi connectivity index (χ3v) is 1.49. The van der Waals surface area contributed by atoms with Gasteiger partial charge < -0.3 is 0 Å². The summed E-state index contributed by atoms with van der Waals surface area (Å²) in [4.78, 5) is 9.70. The van der Waals surface area contributed by atoms with Gasteiger partial charge in [-0.25, -0.2) is 0 Å². The summed E-state index contributed by atoms with van der Waals surface area (Å²) in [5.41, 5.74) is 0.449. The second-order valence-corrected chi connectivity index (χ2v) is 2.64. The molecule has 1 aromatic rings. The van der Waals surface area contributed by atoms with E-state index in [1.807, 2.05) is 0 Å². The Balaban J connectivity index is 2.94. The van der Waals surface area contributed by atoms with Crippen molar-refractivity contribution in [2.75, 3.05) is 0 Å². The zero-order valence-corrected chi connectivity index (χ0v) is 7.16. The van der Waals surface area contributed by atoms with Gasteiger partial charge in [0.2, 0.25) is 0 Å². The minimum absolute atomic E-state index is 0.0351. The molecular weight excluding hydrogens is 197 g/mol. The summed E-state index contributed by atoms with van der Waals surface area (Å²) in [6.45, 7) is 0. The van der Waals surface area contributed by atoms with E-state index < -0.39 is 10.2 Å². The average Bonchev–Trinajstić information content (AvgIpc) is 2.04. The van der Waals surface area contributed by atoms with Gasteiger partial charge in [0.25, 0.3) is 5.69 Å². The zero-order chi connectivity index (χ0) is 9.84. The van der Waals surface area contributed by atoms with Crippen molar-refractivity contribution in [3.8, 4) is 0 Å². The van der Waals surface area contributed by atoms with Crippen LogP contribution in [0.2, 0.25) is 0 Å². The van der Waals surface area contributed by atoms with Crippen molar-refractivity contribution in [3.05, 3.63) is 45.2 Å². The first-order valence-corrected chi connectivity index (χ1v) is 3.74. The third kappa shape index (κ3) is 2.83. The van der Waals surface area contributed by atoms with Gasteiger partial charge in [-0.15, -0.1) is 0 Å². The van der Waals surface area contributed by atoms with Crippen LogP contribution >= 0.6 is 11.6 Å². The largest absolute Gasteiger partial charge is 0.269 e. The predicted octanol–water partition coefficient (Wildman–Crippen LogP) is 3.10. The molecule has 0 saturated carbocycles. The van der Waals surface area contributed by atoms with Crippen molar-refractivity contribution >= 4 is 23.4 Å². The zero-order valence-electron chi connectivity index (χ0n) is 6.41. The molecule has 68 valence electrons. The fourth-order valence-corrected chi connectivity index (χ4v) is 0.944. The van der Waals surface area contributed by atoms with Crippen molar-refractivity contribution in [1.29, 1.82) is 0 Å². The van der Waals surface area contributed by atoms with Crippen LogP contribution in [-0.2, 0) is 0 Å². The molecule has 5 heteroatoms. The Hall–Kier alpha value is -1.42. The van der Waals surface area contributed by atoms with Gasteiger partial charge >= 0.3 is 0 Å². The molecule has 0 aliphatic rings. The Kier molecular flexibility index (Phi) is 2.97. The van der Waals surface area contributed by atoms with Crippen LogP contribution < -0.4 is 0 Å². The second kappa shape index (κ2) is 4.00. The van der Waals surface area contributed by atoms with Gasteiger partial charge in [0, 0.05) is 12.1 Å². The number of nitro benzene ring substituents is 1. The van der Waals surface area contributed by atoms with Crippen molar-refractivity contribution in [1.82, 2.24) is 0 Å². The van der Waals surface area contributed by atoms with Gasteiger partial charge in [-0.3, -0.25) is 10.1 Å². The van der Waals surface area contributed by atoms with Crippen LogP contribution in [-0.4, -0.2) is 4.92 Å². The summed E-state index contributed by atoms with van der Waals surface area (Å²) in [5, 5.41) is 9.37. The van der Waals surface area contributed by atoms with Crippen LogP contribution in [0.1, 0.15) is 5.56 Å². The molecule has 3 nitrogen and oxygen atoms in total. The van der Waals surface area contributed by atoms with E-state index in [9.17, 15) is 14.5 Å². The molecule has 0 heterocycles. The van der Waals surface area contributed by atoms with Gasteiger partial charge in [0.15, 0.2) is 5.29 Å². The summed E-state index contributed by atoms with van der Waals surface area (Å²) < 4.78 is 12.1. The van der Waals surface area contributed by atoms with Crippen molar-refractivity contribution in [2.45, 2.75) is 0 Å². The highest BCUT2D eigenvalue weighted by Gasteiger charge is 2.02. The maximum atomic E-state index is 12.1. The monoisotopic (exact) mass is 201 g/mol. The Bertz CT molecular complexity index is 344. The Morgan fingerprint density at radius 3 is 2.38 bits per heavy atom. The smallest absolute Gasteiger partial charge is 0.258 e. The van der Waals surface area contributed by atoms with E-state index in [1.54, 1.807) is 0 Å². The predicted molar refractivity (Wildman–Crippen MR) is 48.0 cm³/mol. The molecule has 13 heavy (non-hydrogen) atoms. The maximum absolute atomic E-state index is 12.1. The van der Waals surface area contributed by atoms with Crippen molar-refractivity contribution in [2.24, 2.45) is 0 Å². The average molecular weight is 202 g/mol. The molecule has 0 amide bonds. The lowest BCUT2D eigenvalue weighted by molar-refractivity contribution is -0.384. The molecule has 0 fully saturated rings. The molecule has 1 aromatic carbocycles. The molecule has 0 radical (unpaired) electrons. The SMILES string of the molecule is O=[N+]([O-])c1ccc(/C=C(\F)Cl)cc1. The lowest BCUT2D eigenvalue weighted by Crippen LogP contribution is -1.86. The van der Waals surface area contributed by atoms with E-state index in [0.717, 1.165) is 6.08 Å². The van der Waals surface area contributed by atoms with Crippen molar-refractivity contribution < 1.29 is 9.31 Å². The van der Waals surface area contributed by atoms with E-state index in [-0.39, 0.29) is 5.69 Å². The summed E-state index contributed by atoms with van der Waals surface area (Å²) in [6.07, 6.45) is 1.07. The number of nitro groups is 1. The topological polar surface area (TPSA) is 43.1 Å². The number of rotatable bonds is 2. The van der Waals surface area contributed by atoms with Gasteiger partial charge in [-0.05, 0) is 23.8 Å². The lowest BCUT2D eigenvalue weighted by atomic mass is 10.2. The molecule has 0 aromatic heterocycles. The highest BCUT2D eigenvalue weighted by molar-refractivity contribution is 6.30. The van der Waals surface area contributed by atoms with E-state index in [2.05, 4.69) is 0 Å². The van der Waals surface area contributed by atoms with Crippen LogP contribution in [0.4, 0.5) is 10.1 Å². The molecule has 0 bridgehead atoms. The number of hydrogen-bond acceptors (Lipinski definition) is 2. The first-order valence-electron chi connectivity index (χ1n) is 3.37. The van der Waals surface area contributed by atoms with Gasteiger partial charge in [-0.2, -0.15) is 4.39 Å². The minimum atomic E-state index is -0.853. The van der Waals surface area contributed by atoms with Crippen LogP contribution in [0.15, 0.2) is 29.6 Å². The van der Waals surface area contributed by atoms with E-state index in [4.69, 9.17) is 11.6 Å². The quantitative estimate of drug-likeness (QED) is 0.545. The van der Waals surface area contributed by atoms with E-state index in [0.29, 0.717) is 5.56 Å². The fraction of sp³-hybridized carbons (Fsp3) is 0. The maximum Gasteiger partial charge on any atom is 0.269 e. The molecule has 0 spiro atoms. The lowest BCUT2D eigenvalue weighted by Gasteiger charge is -1.92. The molecule has 0 N–H and O–H groups in total. The molecule has 0 aliphatic carbocycles. The van der Waals surface area contributed by atoms with Gasteiger partial charge in [0.05, 0.1) is 4.92 Å². The summed E-state index contributed by atoms with van der Waals surface area (Å²) in [5.74, 6) is 0. The Labute approximate surface area is 78.6 Å². The van der Waals surface area contributed by atoms with E-state index in [1.165, 1.54) is 24.3 Å². The number of halogens is 2. The first-order chi connectivity index (χ1) is 6.09. The number of hydrogen-bond donors (Lipinski definition) is 0. The number of nitrogens with zero attached hydrogens (tertiary/aromatic N) is 1. The molecule has 0 aliphatic heterocycles. The highest BCUT2D eigenvalue weighted by atomic mass is 35.5. The molecule has 0 saturated heterocycles. The Morgan fingerprint density at radius 2 is 2.00 bits per heavy atom. The minimum Gasteiger partial charge on any atom is -0.258 e. The summed E-state index contributed by atoms with van der Waals surface area (Å²) in [6, 6.07) is 5.40. The highest BCUT2D eigenvalue weighted by Crippen LogP contribution is 2.15. The Morgan fingerprint density at radius 1 is 1.46 bits per heavy atom. The standard InChI is InChI=1S/C8H5ClFNO2/c9-8(10)5-6-1-3-7(4-2-6)11(12)13/h1-5H/b8-5-. The van der Waals surface area contributed by atoms with E-state index >= 15 is 0 Å². The van der Waals surface area contributed by atoms with Gasteiger partial charge in [-0.1, -0.05) is 11.6 Å². The first kappa shape index (κ1) is 9.67. The third-order valence-electron chi connectivity index (χ3n) is 1.38. The molecule has 0 atom stereocenters. The summed E-state index contributed by atoms with van der Waals surface area (Å²) >= 11 is 4.98. The van der Waals surface area contributed by atoms with Crippen LogP contribution in [0.3, 0.4) is 0 Å². The molecular formula is C8H5ClFNO2. The van der Waals surface area contributed by atoms with Crippen molar-refractivity contribution in [3.63, 3.8) is 0 Å².